The summed E-state index contributed by atoms with van der Waals surface area (Å²) in [5.74, 6) is -2.71. The Labute approximate surface area is 280 Å². The van der Waals surface area contributed by atoms with Gasteiger partial charge in [-0.2, -0.15) is 0 Å². The summed E-state index contributed by atoms with van der Waals surface area (Å²) in [5, 5.41) is 6.77. The maximum absolute atomic E-state index is 12.3. The Morgan fingerprint density at radius 1 is 0.766 bits per heavy atom. The van der Waals surface area contributed by atoms with Gasteiger partial charge in [-0.3, -0.25) is 24.1 Å². The molecule has 0 saturated carbocycles. The topological polar surface area (TPSA) is 142 Å². The number of hydrogen-bond donors (Lipinski definition) is 2. The Bertz CT molecular complexity index is 1370. The van der Waals surface area contributed by atoms with Crippen LogP contribution in [0.1, 0.15) is 70.2 Å². The number of likely N-dealkylation sites (tertiary alicyclic amines) is 1. The highest BCUT2D eigenvalue weighted by Crippen LogP contribution is 2.36. The van der Waals surface area contributed by atoms with E-state index in [1.165, 1.54) is 34.1 Å². The summed E-state index contributed by atoms with van der Waals surface area (Å²) < 4.78 is 28.1. The zero-order valence-corrected chi connectivity index (χ0v) is 27.9. The number of rotatable bonds is 11. The lowest BCUT2D eigenvalue weighted by atomic mass is 9.90. The molecule has 2 aromatic rings. The van der Waals surface area contributed by atoms with Crippen molar-refractivity contribution in [3.63, 3.8) is 0 Å². The lowest BCUT2D eigenvalue weighted by Crippen LogP contribution is -2.67. The Hall–Kier alpha value is -4.07. The number of nitrogens with zero attached hydrogens (tertiary/aromatic N) is 1. The molecular weight excluding hydrogens is 626 g/mol. The van der Waals surface area contributed by atoms with E-state index in [4.69, 9.17) is 35.9 Å². The molecule has 0 unspecified atom stereocenters. The van der Waals surface area contributed by atoms with Crippen LogP contribution in [0, 0.1) is 0 Å². The van der Waals surface area contributed by atoms with Gasteiger partial charge in [0.05, 0.1) is 12.1 Å². The van der Waals surface area contributed by atoms with Crippen molar-refractivity contribution >= 4 is 41.2 Å². The third-order valence-corrected chi connectivity index (χ3v) is 8.19. The fraction of sp³-hybridized carbons (Fsp3) is 0.500. The Balaban J connectivity index is 1.69. The average molecular weight is 670 g/mol. The number of carbonyl (C=O) groups excluding carboxylic acids is 4. The van der Waals surface area contributed by atoms with Crippen molar-refractivity contribution in [2.75, 3.05) is 19.7 Å². The molecule has 2 saturated heterocycles. The van der Waals surface area contributed by atoms with Gasteiger partial charge in [0.15, 0.2) is 29.7 Å². The Morgan fingerprint density at radius 2 is 1.30 bits per heavy atom. The number of ether oxygens (including phenoxy) is 5. The van der Waals surface area contributed by atoms with Crippen molar-refractivity contribution < 1.29 is 42.9 Å². The standard InChI is InChI=1S/C34H43N3O9S/c1-21(38)42-20-27-30(43-22(2)39)31(44-23(3)40)32(45-24(4)41)33(46-27)36-34(47)35-28(25-14-8-5-9-15-25)29(26-16-10-6-11-17-26)37-18-12-7-13-19-37/h5-6,8-11,14-17,27-33H,7,12-13,18-20H2,1-4H3,(H2,35,36,47)/t27-,28-,29-,30-,31+,32-,33-/m1/s1. The summed E-state index contributed by atoms with van der Waals surface area (Å²) in [4.78, 5) is 50.8. The number of benzene rings is 2. The predicted molar refractivity (Wildman–Crippen MR) is 175 cm³/mol. The van der Waals surface area contributed by atoms with E-state index in [0.717, 1.165) is 37.1 Å². The third kappa shape index (κ3) is 10.2. The number of esters is 4. The van der Waals surface area contributed by atoms with Crippen LogP contribution in [0.3, 0.4) is 0 Å². The molecule has 2 aromatic carbocycles. The second-order valence-electron chi connectivity index (χ2n) is 11.6. The second-order valence-corrected chi connectivity index (χ2v) is 12.0. The molecule has 2 N–H and O–H groups in total. The van der Waals surface area contributed by atoms with Gasteiger partial charge >= 0.3 is 23.9 Å². The minimum absolute atomic E-state index is 0.0888. The van der Waals surface area contributed by atoms with Crippen LogP contribution in [-0.4, -0.2) is 84.2 Å². The van der Waals surface area contributed by atoms with Gasteiger partial charge in [-0.15, -0.1) is 0 Å². The zero-order valence-electron chi connectivity index (χ0n) is 27.1. The summed E-state index contributed by atoms with van der Waals surface area (Å²) in [5.41, 5.74) is 2.11. The van der Waals surface area contributed by atoms with Gasteiger partial charge in [-0.1, -0.05) is 67.1 Å². The summed E-state index contributed by atoms with van der Waals surface area (Å²) in [6.45, 7) is 6.27. The fourth-order valence-electron chi connectivity index (χ4n) is 6.12. The van der Waals surface area contributed by atoms with Crippen LogP contribution in [0.4, 0.5) is 0 Å². The fourth-order valence-corrected chi connectivity index (χ4v) is 6.37. The van der Waals surface area contributed by atoms with Gasteiger partial charge in [-0.25, -0.2) is 0 Å². The highest BCUT2D eigenvalue weighted by Gasteiger charge is 2.52. The first-order valence-corrected chi connectivity index (χ1v) is 16.2. The van der Waals surface area contributed by atoms with Crippen LogP contribution in [0.5, 0.6) is 0 Å². The van der Waals surface area contributed by atoms with Crippen LogP contribution >= 0.6 is 12.2 Å². The molecule has 0 bridgehead atoms. The lowest BCUT2D eigenvalue weighted by Gasteiger charge is -2.45. The summed E-state index contributed by atoms with van der Waals surface area (Å²) in [6.07, 6.45) is -2.84. The first-order valence-electron chi connectivity index (χ1n) is 15.7. The molecule has 0 spiro atoms. The van der Waals surface area contributed by atoms with Gasteiger partial charge in [-0.05, 0) is 49.3 Å². The quantitative estimate of drug-likeness (QED) is 0.205. The van der Waals surface area contributed by atoms with Crippen LogP contribution in [0.2, 0.25) is 0 Å². The molecule has 4 rings (SSSR count). The van der Waals surface area contributed by atoms with Gasteiger partial charge in [0.1, 0.15) is 12.7 Å². The molecule has 0 aliphatic carbocycles. The maximum Gasteiger partial charge on any atom is 0.303 e. The smallest absolute Gasteiger partial charge is 0.303 e. The van der Waals surface area contributed by atoms with Crippen LogP contribution in [-0.2, 0) is 42.9 Å². The summed E-state index contributed by atoms with van der Waals surface area (Å²) in [7, 11) is 0. The van der Waals surface area contributed by atoms with Crippen LogP contribution < -0.4 is 10.6 Å². The molecule has 2 aliphatic heterocycles. The molecule has 0 amide bonds. The first-order chi connectivity index (χ1) is 22.5. The lowest BCUT2D eigenvalue weighted by molar-refractivity contribution is -0.255. The molecular formula is C34H43N3O9S. The van der Waals surface area contributed by atoms with E-state index in [9.17, 15) is 19.2 Å². The molecule has 2 heterocycles. The van der Waals surface area contributed by atoms with Gasteiger partial charge in [0, 0.05) is 27.7 Å². The van der Waals surface area contributed by atoms with Gasteiger partial charge in [0.25, 0.3) is 0 Å². The van der Waals surface area contributed by atoms with Crippen LogP contribution in [0.25, 0.3) is 0 Å². The van der Waals surface area contributed by atoms with E-state index in [-0.39, 0.29) is 23.8 Å². The molecule has 0 aromatic heterocycles. The second kappa shape index (κ2) is 17.2. The normalized spacial score (nSPS) is 24.1. The minimum Gasteiger partial charge on any atom is -0.463 e. The number of thiocarbonyl (C=S) groups is 1. The number of piperidine rings is 1. The van der Waals surface area contributed by atoms with Crippen LogP contribution in [0.15, 0.2) is 60.7 Å². The molecule has 2 aliphatic rings. The Kier molecular flexibility index (Phi) is 13.1. The molecule has 0 radical (unpaired) electrons. The van der Waals surface area contributed by atoms with E-state index in [2.05, 4.69) is 27.7 Å². The number of hydrogen-bond acceptors (Lipinski definition) is 11. The number of carbonyl (C=O) groups is 4. The summed E-state index contributed by atoms with van der Waals surface area (Å²) in [6, 6.07) is 19.8. The number of nitrogens with one attached hydrogen (secondary N) is 2. The molecule has 12 nitrogen and oxygen atoms in total. The largest absolute Gasteiger partial charge is 0.463 e. The summed E-state index contributed by atoms with van der Waals surface area (Å²) >= 11 is 5.88. The first kappa shape index (κ1) is 35.8. The van der Waals surface area contributed by atoms with E-state index < -0.39 is 54.5 Å². The van der Waals surface area contributed by atoms with Crippen molar-refractivity contribution in [3.05, 3.63) is 71.8 Å². The van der Waals surface area contributed by atoms with Crippen molar-refractivity contribution in [1.82, 2.24) is 15.5 Å². The zero-order chi connectivity index (χ0) is 33.9. The van der Waals surface area contributed by atoms with E-state index in [0.29, 0.717) is 0 Å². The van der Waals surface area contributed by atoms with Gasteiger partial charge < -0.3 is 34.3 Å². The molecule has 2 fully saturated rings. The van der Waals surface area contributed by atoms with E-state index in [1.54, 1.807) is 0 Å². The molecule has 47 heavy (non-hydrogen) atoms. The molecule has 7 atom stereocenters. The van der Waals surface area contributed by atoms with E-state index in [1.807, 2.05) is 48.5 Å². The Morgan fingerprint density at radius 3 is 1.85 bits per heavy atom. The third-order valence-electron chi connectivity index (χ3n) is 7.95. The van der Waals surface area contributed by atoms with Crippen molar-refractivity contribution in [3.8, 4) is 0 Å². The highest BCUT2D eigenvalue weighted by molar-refractivity contribution is 7.80. The monoisotopic (exact) mass is 669 g/mol. The molecule has 13 heteroatoms. The predicted octanol–water partition coefficient (Wildman–Crippen LogP) is 3.50. The van der Waals surface area contributed by atoms with Crippen molar-refractivity contribution in [1.29, 1.82) is 0 Å². The van der Waals surface area contributed by atoms with Gasteiger partial charge in [0.2, 0.25) is 0 Å². The van der Waals surface area contributed by atoms with E-state index >= 15 is 0 Å². The SMILES string of the molecule is CC(=O)OC[C@H]1O[C@@H](NC(=S)N[C@H](c2ccccc2)[C@@H](c2ccccc2)N2CCCCC2)[C@H](OC(C)=O)[C@@H](OC(C)=O)[C@@H]1OC(C)=O. The highest BCUT2D eigenvalue weighted by atomic mass is 32.1. The van der Waals surface area contributed by atoms with Crippen molar-refractivity contribution in [2.24, 2.45) is 0 Å². The minimum atomic E-state index is -1.31. The average Bonchev–Trinajstić information content (AvgIpc) is 3.03. The molecule has 254 valence electrons. The maximum atomic E-state index is 12.3. The van der Waals surface area contributed by atoms with Crippen molar-refractivity contribution in [2.45, 2.75) is 89.7 Å².